The zero-order valence-corrected chi connectivity index (χ0v) is 14.8. The van der Waals surface area contributed by atoms with Crippen molar-refractivity contribution >= 4 is 5.96 Å². The van der Waals surface area contributed by atoms with Crippen molar-refractivity contribution in [3.05, 3.63) is 0 Å². The number of methoxy groups -OCH3 is 1. The number of aliphatic imine (C=N–C) groups is 1. The molecule has 0 aromatic rings. The Morgan fingerprint density at radius 1 is 1.17 bits per heavy atom. The number of likely N-dealkylation sites (tertiary alicyclic amines) is 2. The standard InChI is InChI=1S/C17H34N4O2/c1-3-18-17(21-10-6-16(22)7-11-21)19-14-15-4-8-20(9-5-15)12-13-23-2/h15-16,22H,3-14H2,1-2H3,(H,18,19). The number of nitrogens with zero attached hydrogens (tertiary/aromatic N) is 3. The maximum Gasteiger partial charge on any atom is 0.193 e. The normalized spacial score (nSPS) is 22.6. The highest BCUT2D eigenvalue weighted by atomic mass is 16.5. The molecule has 0 saturated carbocycles. The lowest BCUT2D eigenvalue weighted by atomic mass is 9.97. The molecule has 23 heavy (non-hydrogen) atoms. The summed E-state index contributed by atoms with van der Waals surface area (Å²) in [7, 11) is 1.77. The number of aliphatic hydroxyl groups excluding tert-OH is 1. The highest BCUT2D eigenvalue weighted by Crippen LogP contribution is 2.18. The van der Waals surface area contributed by atoms with E-state index in [1.54, 1.807) is 7.11 Å². The Bertz CT molecular complexity index is 349. The quantitative estimate of drug-likeness (QED) is 0.558. The van der Waals surface area contributed by atoms with Crippen molar-refractivity contribution in [2.45, 2.75) is 38.7 Å². The second-order valence-corrected chi connectivity index (χ2v) is 6.69. The van der Waals surface area contributed by atoms with Crippen LogP contribution < -0.4 is 5.32 Å². The second kappa shape index (κ2) is 10.1. The molecule has 2 aliphatic rings. The largest absolute Gasteiger partial charge is 0.393 e. The van der Waals surface area contributed by atoms with Gasteiger partial charge in [-0.15, -0.1) is 0 Å². The minimum Gasteiger partial charge on any atom is -0.393 e. The van der Waals surface area contributed by atoms with Gasteiger partial charge in [0.1, 0.15) is 0 Å². The molecule has 0 aliphatic carbocycles. The van der Waals surface area contributed by atoms with Crippen LogP contribution in [0.15, 0.2) is 4.99 Å². The zero-order chi connectivity index (χ0) is 16.5. The summed E-state index contributed by atoms with van der Waals surface area (Å²) in [5.74, 6) is 1.72. The summed E-state index contributed by atoms with van der Waals surface area (Å²) < 4.78 is 5.16. The van der Waals surface area contributed by atoms with E-state index in [-0.39, 0.29) is 6.10 Å². The highest BCUT2D eigenvalue weighted by Gasteiger charge is 2.21. The van der Waals surface area contributed by atoms with Crippen LogP contribution in [-0.2, 0) is 4.74 Å². The topological polar surface area (TPSA) is 60.3 Å². The average Bonchev–Trinajstić information content (AvgIpc) is 2.58. The van der Waals surface area contributed by atoms with E-state index in [0.717, 1.165) is 71.2 Å². The smallest absolute Gasteiger partial charge is 0.193 e. The highest BCUT2D eigenvalue weighted by molar-refractivity contribution is 5.80. The van der Waals surface area contributed by atoms with Crippen LogP contribution in [-0.4, -0.2) is 86.5 Å². The second-order valence-electron chi connectivity index (χ2n) is 6.69. The van der Waals surface area contributed by atoms with E-state index in [0.29, 0.717) is 5.92 Å². The van der Waals surface area contributed by atoms with Crippen LogP contribution in [0.4, 0.5) is 0 Å². The maximum atomic E-state index is 9.66. The Labute approximate surface area is 140 Å². The van der Waals surface area contributed by atoms with Gasteiger partial charge in [-0.25, -0.2) is 0 Å². The molecule has 0 aromatic carbocycles. The lowest BCUT2D eigenvalue weighted by Gasteiger charge is -2.33. The van der Waals surface area contributed by atoms with Crippen molar-refractivity contribution < 1.29 is 9.84 Å². The van der Waals surface area contributed by atoms with Gasteiger partial charge in [-0.05, 0) is 51.6 Å². The molecule has 134 valence electrons. The summed E-state index contributed by atoms with van der Waals surface area (Å²) in [5, 5.41) is 13.1. The molecule has 2 saturated heterocycles. The predicted octanol–water partition coefficient (Wildman–Crippen LogP) is 0.767. The Balaban J connectivity index is 1.77. The SMILES string of the molecule is CCNC(=NCC1CCN(CCOC)CC1)N1CCC(O)CC1. The van der Waals surface area contributed by atoms with Crippen LogP contribution in [0.3, 0.4) is 0 Å². The molecular formula is C17H34N4O2. The number of nitrogens with one attached hydrogen (secondary N) is 1. The third-order valence-corrected chi connectivity index (χ3v) is 4.92. The van der Waals surface area contributed by atoms with E-state index in [1.807, 2.05) is 0 Å². The first-order valence-corrected chi connectivity index (χ1v) is 9.15. The number of rotatable bonds is 6. The number of ether oxygens (including phenoxy) is 1. The van der Waals surface area contributed by atoms with Gasteiger partial charge in [0.2, 0.25) is 0 Å². The number of piperidine rings is 2. The Morgan fingerprint density at radius 3 is 2.48 bits per heavy atom. The monoisotopic (exact) mass is 326 g/mol. The molecular weight excluding hydrogens is 292 g/mol. The summed E-state index contributed by atoms with van der Waals surface area (Å²) in [4.78, 5) is 9.66. The van der Waals surface area contributed by atoms with Crippen LogP contribution in [0.1, 0.15) is 32.6 Å². The van der Waals surface area contributed by atoms with Crippen LogP contribution in [0.2, 0.25) is 0 Å². The van der Waals surface area contributed by atoms with E-state index in [2.05, 4.69) is 22.0 Å². The van der Waals surface area contributed by atoms with Crippen molar-refractivity contribution in [2.75, 3.05) is 59.5 Å². The number of aliphatic hydroxyl groups is 1. The van der Waals surface area contributed by atoms with Gasteiger partial charge in [-0.1, -0.05) is 0 Å². The summed E-state index contributed by atoms with van der Waals surface area (Å²) >= 11 is 0. The van der Waals surface area contributed by atoms with Crippen LogP contribution in [0.5, 0.6) is 0 Å². The van der Waals surface area contributed by atoms with E-state index in [4.69, 9.17) is 9.73 Å². The molecule has 6 nitrogen and oxygen atoms in total. The molecule has 2 aliphatic heterocycles. The predicted molar refractivity (Wildman–Crippen MR) is 93.8 cm³/mol. The Hall–Kier alpha value is -0.850. The van der Waals surface area contributed by atoms with E-state index >= 15 is 0 Å². The Morgan fingerprint density at radius 2 is 1.87 bits per heavy atom. The van der Waals surface area contributed by atoms with Gasteiger partial charge in [0.15, 0.2) is 5.96 Å². The number of hydrogen-bond donors (Lipinski definition) is 2. The molecule has 0 amide bonds. The van der Waals surface area contributed by atoms with Gasteiger partial charge in [0.05, 0.1) is 12.7 Å². The van der Waals surface area contributed by atoms with E-state index in [1.165, 1.54) is 12.8 Å². The van der Waals surface area contributed by atoms with Gasteiger partial charge in [0.25, 0.3) is 0 Å². The maximum absolute atomic E-state index is 9.66. The van der Waals surface area contributed by atoms with Crippen LogP contribution in [0.25, 0.3) is 0 Å². The van der Waals surface area contributed by atoms with Crippen LogP contribution >= 0.6 is 0 Å². The molecule has 6 heteroatoms. The summed E-state index contributed by atoms with van der Waals surface area (Å²) in [6.45, 7) is 9.94. The minimum atomic E-state index is -0.134. The third kappa shape index (κ3) is 6.28. The van der Waals surface area contributed by atoms with Crippen molar-refractivity contribution in [3.8, 4) is 0 Å². The van der Waals surface area contributed by atoms with Crippen molar-refractivity contribution in [1.82, 2.24) is 15.1 Å². The minimum absolute atomic E-state index is 0.134. The van der Waals surface area contributed by atoms with Crippen LogP contribution in [0, 0.1) is 5.92 Å². The fraction of sp³-hybridized carbons (Fsp3) is 0.941. The van der Waals surface area contributed by atoms with Gasteiger partial charge in [-0.2, -0.15) is 0 Å². The molecule has 2 fully saturated rings. The van der Waals surface area contributed by atoms with Crippen molar-refractivity contribution in [1.29, 1.82) is 0 Å². The summed E-state index contributed by atoms with van der Waals surface area (Å²) in [5.41, 5.74) is 0. The van der Waals surface area contributed by atoms with Crippen molar-refractivity contribution in [2.24, 2.45) is 10.9 Å². The molecule has 0 unspecified atom stereocenters. The third-order valence-electron chi connectivity index (χ3n) is 4.92. The lowest BCUT2D eigenvalue weighted by Crippen LogP contribution is -2.47. The molecule has 0 atom stereocenters. The first-order chi connectivity index (χ1) is 11.2. The molecule has 0 aromatic heterocycles. The average molecular weight is 326 g/mol. The van der Waals surface area contributed by atoms with E-state index < -0.39 is 0 Å². The fourth-order valence-corrected chi connectivity index (χ4v) is 3.33. The zero-order valence-electron chi connectivity index (χ0n) is 14.8. The fourth-order valence-electron chi connectivity index (χ4n) is 3.33. The molecule has 2 N–H and O–H groups in total. The van der Waals surface area contributed by atoms with Gasteiger partial charge in [-0.3, -0.25) is 4.99 Å². The molecule has 2 heterocycles. The van der Waals surface area contributed by atoms with Crippen molar-refractivity contribution in [3.63, 3.8) is 0 Å². The molecule has 2 rings (SSSR count). The molecule has 0 radical (unpaired) electrons. The van der Waals surface area contributed by atoms with Gasteiger partial charge >= 0.3 is 0 Å². The summed E-state index contributed by atoms with van der Waals surface area (Å²) in [6.07, 6.45) is 4.02. The first kappa shape index (κ1) is 18.5. The Kier molecular flexibility index (Phi) is 8.12. The number of guanidine groups is 1. The van der Waals surface area contributed by atoms with E-state index in [9.17, 15) is 5.11 Å². The number of hydrogen-bond acceptors (Lipinski definition) is 4. The first-order valence-electron chi connectivity index (χ1n) is 9.15. The lowest BCUT2D eigenvalue weighted by molar-refractivity contribution is 0.107. The van der Waals surface area contributed by atoms with Gasteiger partial charge < -0.3 is 25.0 Å². The molecule has 0 bridgehead atoms. The van der Waals surface area contributed by atoms with Gasteiger partial charge in [0, 0.05) is 39.8 Å². The molecule has 0 spiro atoms. The summed E-state index contributed by atoms with van der Waals surface area (Å²) in [6, 6.07) is 0.